The Labute approximate surface area is 127 Å². The zero-order valence-electron chi connectivity index (χ0n) is 12.9. The summed E-state index contributed by atoms with van der Waals surface area (Å²) in [7, 11) is 1.49. The molecule has 0 aromatic heterocycles. The molecule has 0 radical (unpaired) electrons. The largest absolute Gasteiger partial charge is 0.487 e. The van der Waals surface area contributed by atoms with Gasteiger partial charge in [-0.2, -0.15) is 0 Å². The van der Waals surface area contributed by atoms with Crippen molar-refractivity contribution >= 4 is 10.0 Å². The van der Waals surface area contributed by atoms with Crippen molar-refractivity contribution in [3.63, 3.8) is 0 Å². The van der Waals surface area contributed by atoms with Crippen LogP contribution in [0, 0.1) is 0 Å². The molecule has 1 aromatic rings. The van der Waals surface area contributed by atoms with Gasteiger partial charge in [-0.05, 0) is 38.4 Å². The van der Waals surface area contributed by atoms with E-state index in [1.165, 1.54) is 24.8 Å². The zero-order chi connectivity index (χ0) is 15.5. The van der Waals surface area contributed by atoms with Gasteiger partial charge in [-0.3, -0.25) is 0 Å². The lowest BCUT2D eigenvalue weighted by Crippen LogP contribution is -2.43. The fraction of sp³-hybridized carbons (Fsp3) is 0.600. The third-order valence-corrected chi connectivity index (χ3v) is 5.81. The summed E-state index contributed by atoms with van der Waals surface area (Å²) >= 11 is 0. The van der Waals surface area contributed by atoms with Gasteiger partial charge in [0.2, 0.25) is 10.0 Å². The molecule has 118 valence electrons. The average molecular weight is 312 g/mol. The fourth-order valence-corrected chi connectivity index (χ4v) is 3.70. The van der Waals surface area contributed by atoms with Gasteiger partial charge in [0.05, 0.1) is 0 Å². The quantitative estimate of drug-likeness (QED) is 0.901. The molecule has 0 spiro atoms. The molecule has 2 atom stereocenters. The fourth-order valence-electron chi connectivity index (χ4n) is 2.69. The van der Waals surface area contributed by atoms with Gasteiger partial charge in [-0.25, -0.2) is 12.7 Å². The first-order valence-electron chi connectivity index (χ1n) is 7.32. The van der Waals surface area contributed by atoms with Crippen LogP contribution in [0.4, 0.5) is 0 Å². The van der Waals surface area contributed by atoms with Crippen LogP contribution in [0.25, 0.3) is 0 Å². The third-order valence-electron chi connectivity index (χ3n) is 3.96. The second kappa shape index (κ2) is 6.77. The molecule has 0 aliphatic heterocycles. The van der Waals surface area contributed by atoms with Gasteiger partial charge in [-0.1, -0.05) is 18.6 Å². The highest BCUT2D eigenvalue weighted by molar-refractivity contribution is 7.89. The first kappa shape index (κ1) is 16.3. The minimum atomic E-state index is -3.49. The van der Waals surface area contributed by atoms with Crippen molar-refractivity contribution in [2.45, 2.75) is 42.7 Å². The van der Waals surface area contributed by atoms with Gasteiger partial charge in [0.25, 0.3) is 0 Å². The number of para-hydroxylation sites is 1. The maximum absolute atomic E-state index is 12.4. The molecule has 2 unspecified atom stereocenters. The van der Waals surface area contributed by atoms with Crippen LogP contribution in [0.2, 0.25) is 0 Å². The molecule has 1 N–H and O–H groups in total. The number of ether oxygens (including phenoxy) is 1. The van der Waals surface area contributed by atoms with Crippen molar-refractivity contribution in [1.29, 1.82) is 0 Å². The maximum Gasteiger partial charge on any atom is 0.246 e. The van der Waals surface area contributed by atoms with E-state index in [4.69, 9.17) is 4.74 Å². The molecule has 1 fully saturated rings. The normalized spacial score (nSPS) is 23.2. The predicted molar refractivity (Wildman–Crippen MR) is 83.0 cm³/mol. The second-order valence-electron chi connectivity index (χ2n) is 5.57. The number of nitrogens with one attached hydrogen (secondary N) is 1. The van der Waals surface area contributed by atoms with Crippen LogP contribution < -0.4 is 10.1 Å². The van der Waals surface area contributed by atoms with Crippen molar-refractivity contribution in [2.24, 2.45) is 0 Å². The Morgan fingerprint density at radius 2 is 1.86 bits per heavy atom. The minimum absolute atomic E-state index is 0.0160. The second-order valence-corrected chi connectivity index (χ2v) is 7.69. The Bertz CT molecular complexity index is 572. The number of hydrogen-bond donors (Lipinski definition) is 1. The summed E-state index contributed by atoms with van der Waals surface area (Å²) in [5, 5.41) is 3.27. The van der Waals surface area contributed by atoms with Gasteiger partial charge < -0.3 is 10.1 Å². The number of hydrogen-bond acceptors (Lipinski definition) is 4. The van der Waals surface area contributed by atoms with Crippen LogP contribution in [0.5, 0.6) is 5.75 Å². The van der Waals surface area contributed by atoms with Gasteiger partial charge in [0.1, 0.15) is 16.7 Å². The monoisotopic (exact) mass is 312 g/mol. The van der Waals surface area contributed by atoms with Gasteiger partial charge in [-0.15, -0.1) is 0 Å². The molecular weight excluding hydrogens is 288 g/mol. The molecule has 1 aromatic carbocycles. The highest BCUT2D eigenvalue weighted by Gasteiger charge is 2.28. The molecule has 21 heavy (non-hydrogen) atoms. The van der Waals surface area contributed by atoms with Crippen LogP contribution in [0.3, 0.4) is 0 Å². The number of likely N-dealkylation sites (N-methyl/N-ethyl adjacent to an activating group) is 1. The van der Waals surface area contributed by atoms with Crippen LogP contribution in [-0.4, -0.2) is 46.0 Å². The van der Waals surface area contributed by atoms with Crippen LogP contribution in [0.15, 0.2) is 29.2 Å². The summed E-state index contributed by atoms with van der Waals surface area (Å²) in [5.41, 5.74) is 0. The van der Waals surface area contributed by atoms with E-state index in [0.29, 0.717) is 5.75 Å². The lowest BCUT2D eigenvalue weighted by atomic mass is 9.92. The molecule has 0 bridgehead atoms. The van der Waals surface area contributed by atoms with Crippen LogP contribution in [0.1, 0.15) is 25.7 Å². The Morgan fingerprint density at radius 1 is 1.19 bits per heavy atom. The molecule has 0 heterocycles. The SMILES string of the molecule is CNC1CCCCC1Oc1ccccc1S(=O)(=O)N(C)C. The van der Waals surface area contributed by atoms with E-state index in [1.54, 1.807) is 24.3 Å². The maximum atomic E-state index is 12.4. The van der Waals surface area contributed by atoms with E-state index in [9.17, 15) is 8.42 Å². The Kier molecular flexibility index (Phi) is 5.24. The summed E-state index contributed by atoms with van der Waals surface area (Å²) in [6.07, 6.45) is 4.32. The number of nitrogens with zero attached hydrogens (tertiary/aromatic N) is 1. The predicted octanol–water partition coefficient (Wildman–Crippen LogP) is 1.85. The summed E-state index contributed by atoms with van der Waals surface area (Å²) < 4.78 is 32.0. The number of rotatable bonds is 5. The minimum Gasteiger partial charge on any atom is -0.487 e. The smallest absolute Gasteiger partial charge is 0.246 e. The Balaban J connectivity index is 2.28. The van der Waals surface area contributed by atoms with Gasteiger partial charge in [0.15, 0.2) is 0 Å². The van der Waals surface area contributed by atoms with Crippen LogP contribution >= 0.6 is 0 Å². The van der Waals surface area contributed by atoms with E-state index < -0.39 is 10.0 Å². The standard InChI is InChI=1S/C15H24N2O3S/c1-16-12-8-4-5-9-13(12)20-14-10-6-7-11-15(14)21(18,19)17(2)3/h6-7,10-13,16H,4-5,8-9H2,1-3H3. The molecule has 0 amide bonds. The van der Waals surface area contributed by atoms with Crippen LogP contribution in [-0.2, 0) is 10.0 Å². The van der Waals surface area contributed by atoms with Crippen molar-refractivity contribution < 1.29 is 13.2 Å². The topological polar surface area (TPSA) is 58.6 Å². The first-order valence-corrected chi connectivity index (χ1v) is 8.76. The van der Waals surface area contributed by atoms with E-state index >= 15 is 0 Å². The summed E-state index contributed by atoms with van der Waals surface area (Å²) in [6, 6.07) is 7.13. The van der Waals surface area contributed by atoms with E-state index in [2.05, 4.69) is 5.32 Å². The molecular formula is C15H24N2O3S. The zero-order valence-corrected chi connectivity index (χ0v) is 13.7. The molecule has 1 saturated carbocycles. The highest BCUT2D eigenvalue weighted by Crippen LogP contribution is 2.29. The Hall–Kier alpha value is -1.11. The molecule has 1 aliphatic rings. The molecule has 1 aliphatic carbocycles. The van der Waals surface area contributed by atoms with Crippen molar-refractivity contribution in [1.82, 2.24) is 9.62 Å². The lowest BCUT2D eigenvalue weighted by Gasteiger charge is -2.32. The highest BCUT2D eigenvalue weighted by atomic mass is 32.2. The van der Waals surface area contributed by atoms with Crippen molar-refractivity contribution in [2.75, 3.05) is 21.1 Å². The van der Waals surface area contributed by atoms with E-state index in [-0.39, 0.29) is 17.0 Å². The summed E-state index contributed by atoms with van der Waals surface area (Å²) in [6.45, 7) is 0. The average Bonchev–Trinajstić information content (AvgIpc) is 2.48. The number of sulfonamides is 1. The molecule has 6 heteroatoms. The first-order chi connectivity index (χ1) is 9.96. The lowest BCUT2D eigenvalue weighted by molar-refractivity contribution is 0.114. The Morgan fingerprint density at radius 3 is 2.52 bits per heavy atom. The summed E-state index contributed by atoms with van der Waals surface area (Å²) in [5.74, 6) is 0.443. The molecule has 5 nitrogen and oxygen atoms in total. The summed E-state index contributed by atoms with van der Waals surface area (Å²) in [4.78, 5) is 0.232. The van der Waals surface area contributed by atoms with E-state index in [1.807, 2.05) is 7.05 Å². The van der Waals surface area contributed by atoms with E-state index in [0.717, 1.165) is 19.3 Å². The van der Waals surface area contributed by atoms with Gasteiger partial charge >= 0.3 is 0 Å². The number of benzene rings is 1. The molecule has 2 rings (SSSR count). The third kappa shape index (κ3) is 3.56. The van der Waals surface area contributed by atoms with Crippen molar-refractivity contribution in [3.8, 4) is 5.75 Å². The molecule has 0 saturated heterocycles. The van der Waals surface area contributed by atoms with Crippen molar-refractivity contribution in [3.05, 3.63) is 24.3 Å². The van der Waals surface area contributed by atoms with Gasteiger partial charge in [0, 0.05) is 20.1 Å².